The van der Waals surface area contributed by atoms with E-state index in [0.29, 0.717) is 18.6 Å². The van der Waals surface area contributed by atoms with Crippen LogP contribution in [0.25, 0.3) is 0 Å². The van der Waals surface area contributed by atoms with E-state index in [4.69, 9.17) is 4.74 Å². The van der Waals surface area contributed by atoms with E-state index >= 15 is 0 Å². The molecule has 2 saturated heterocycles. The third-order valence-corrected chi connectivity index (χ3v) is 5.19. The van der Waals surface area contributed by atoms with Crippen LogP contribution < -0.4 is 0 Å². The number of amides is 1. The fourth-order valence-corrected chi connectivity index (χ4v) is 4.15. The van der Waals surface area contributed by atoms with E-state index < -0.39 is 0 Å². The zero-order chi connectivity index (χ0) is 13.2. The van der Waals surface area contributed by atoms with Crippen LogP contribution in [-0.2, 0) is 9.53 Å². The van der Waals surface area contributed by atoms with Gasteiger partial charge in [-0.1, -0.05) is 12.8 Å². The molecular formula is C15H26N2O2. The van der Waals surface area contributed by atoms with Crippen molar-refractivity contribution in [2.75, 3.05) is 33.4 Å². The van der Waals surface area contributed by atoms with Crippen molar-refractivity contribution in [2.24, 2.45) is 5.92 Å². The molecule has 0 unspecified atom stereocenters. The van der Waals surface area contributed by atoms with Crippen LogP contribution in [0.2, 0.25) is 0 Å². The molecule has 4 nitrogen and oxygen atoms in total. The number of rotatable bonds is 4. The molecule has 19 heavy (non-hydrogen) atoms. The van der Waals surface area contributed by atoms with E-state index in [1.54, 1.807) is 7.11 Å². The third-order valence-electron chi connectivity index (χ3n) is 5.19. The highest BCUT2D eigenvalue weighted by Crippen LogP contribution is 2.35. The van der Waals surface area contributed by atoms with E-state index in [-0.39, 0.29) is 6.04 Å². The monoisotopic (exact) mass is 266 g/mol. The van der Waals surface area contributed by atoms with Gasteiger partial charge >= 0.3 is 0 Å². The van der Waals surface area contributed by atoms with Gasteiger partial charge in [-0.3, -0.25) is 9.69 Å². The Hall–Kier alpha value is -0.610. The van der Waals surface area contributed by atoms with Crippen molar-refractivity contribution >= 4 is 5.91 Å². The number of nitrogens with zero attached hydrogens (tertiary/aromatic N) is 2. The van der Waals surface area contributed by atoms with Crippen molar-refractivity contribution in [3.63, 3.8) is 0 Å². The molecule has 108 valence electrons. The molecule has 0 aromatic heterocycles. The maximum absolute atomic E-state index is 12.6. The van der Waals surface area contributed by atoms with Crippen LogP contribution in [0.4, 0.5) is 0 Å². The molecule has 3 fully saturated rings. The van der Waals surface area contributed by atoms with Gasteiger partial charge in [0.25, 0.3) is 0 Å². The molecule has 2 aliphatic heterocycles. The molecule has 1 aliphatic carbocycles. The van der Waals surface area contributed by atoms with Gasteiger partial charge in [-0.15, -0.1) is 0 Å². The lowest BCUT2D eigenvalue weighted by Gasteiger charge is -2.48. The first-order valence-corrected chi connectivity index (χ1v) is 7.83. The van der Waals surface area contributed by atoms with Crippen LogP contribution in [-0.4, -0.2) is 61.1 Å². The number of carbonyl (C=O) groups is 1. The summed E-state index contributed by atoms with van der Waals surface area (Å²) in [7, 11) is 1.71. The smallest absolute Gasteiger partial charge is 0.240 e. The summed E-state index contributed by atoms with van der Waals surface area (Å²) in [6.07, 6.45) is 7.65. The van der Waals surface area contributed by atoms with Gasteiger partial charge in [-0.05, 0) is 38.1 Å². The average molecular weight is 266 g/mol. The maximum Gasteiger partial charge on any atom is 0.240 e. The quantitative estimate of drug-likeness (QED) is 0.773. The van der Waals surface area contributed by atoms with E-state index in [1.165, 1.54) is 32.1 Å². The lowest BCUT2D eigenvalue weighted by molar-refractivity contribution is -0.148. The van der Waals surface area contributed by atoms with Gasteiger partial charge in [0, 0.05) is 26.2 Å². The fourth-order valence-electron chi connectivity index (χ4n) is 4.15. The number of methoxy groups -OCH3 is 1. The van der Waals surface area contributed by atoms with Crippen LogP contribution in [0.1, 0.15) is 38.5 Å². The summed E-state index contributed by atoms with van der Waals surface area (Å²) < 4.78 is 5.13. The van der Waals surface area contributed by atoms with Crippen molar-refractivity contribution < 1.29 is 9.53 Å². The Kier molecular flexibility index (Phi) is 4.08. The summed E-state index contributed by atoms with van der Waals surface area (Å²) in [4.78, 5) is 17.2. The van der Waals surface area contributed by atoms with Crippen molar-refractivity contribution in [1.29, 1.82) is 0 Å². The zero-order valence-corrected chi connectivity index (χ0v) is 12.0. The number of likely N-dealkylation sites (tertiary alicyclic amines) is 2. The van der Waals surface area contributed by atoms with Gasteiger partial charge in [0.1, 0.15) is 0 Å². The Morgan fingerprint density at radius 1 is 1.26 bits per heavy atom. The standard InChI is InChI=1S/C15H26N2O2/c1-19-9-8-16-11-12-6-7-17(13-4-2-3-5-13)14(10-12)15(16)18/h12-14H,2-11H2,1H3/t12-,14+/m0/s1. The Morgan fingerprint density at radius 3 is 2.79 bits per heavy atom. The number of ether oxygens (including phenoxy) is 1. The molecule has 1 amide bonds. The van der Waals surface area contributed by atoms with Crippen LogP contribution in [0.15, 0.2) is 0 Å². The minimum Gasteiger partial charge on any atom is -0.383 e. The Morgan fingerprint density at radius 2 is 2.05 bits per heavy atom. The summed E-state index contributed by atoms with van der Waals surface area (Å²) in [6, 6.07) is 0.852. The lowest BCUT2D eigenvalue weighted by Crippen LogP contribution is -2.61. The molecule has 1 saturated carbocycles. The first-order chi connectivity index (χ1) is 9.29. The van der Waals surface area contributed by atoms with E-state index in [9.17, 15) is 4.79 Å². The Labute approximate surface area is 116 Å². The molecule has 0 radical (unpaired) electrons. The third kappa shape index (κ3) is 2.65. The van der Waals surface area contributed by atoms with Crippen LogP contribution in [0, 0.1) is 5.92 Å². The minimum atomic E-state index is 0.174. The first kappa shape index (κ1) is 13.4. The number of fused-ring (bicyclic) bond motifs is 2. The predicted molar refractivity (Wildman–Crippen MR) is 73.9 cm³/mol. The van der Waals surface area contributed by atoms with Crippen LogP contribution >= 0.6 is 0 Å². The molecule has 0 N–H and O–H groups in total. The molecule has 2 heterocycles. The normalized spacial score (nSPS) is 33.1. The lowest BCUT2D eigenvalue weighted by atomic mass is 9.84. The fraction of sp³-hybridized carbons (Fsp3) is 0.933. The van der Waals surface area contributed by atoms with E-state index in [1.807, 2.05) is 4.90 Å². The Bertz CT molecular complexity index is 328. The van der Waals surface area contributed by atoms with Gasteiger partial charge in [0.15, 0.2) is 0 Å². The second kappa shape index (κ2) is 5.80. The van der Waals surface area contributed by atoms with Gasteiger partial charge in [-0.25, -0.2) is 0 Å². The number of hydrogen-bond donors (Lipinski definition) is 0. The molecule has 0 spiro atoms. The van der Waals surface area contributed by atoms with Gasteiger partial charge in [-0.2, -0.15) is 0 Å². The number of carbonyl (C=O) groups excluding carboxylic acids is 1. The molecule has 4 heteroatoms. The van der Waals surface area contributed by atoms with Crippen molar-refractivity contribution in [2.45, 2.75) is 50.6 Å². The molecule has 0 aromatic rings. The highest BCUT2D eigenvalue weighted by molar-refractivity contribution is 5.83. The summed E-state index contributed by atoms with van der Waals surface area (Å²) in [5.41, 5.74) is 0. The number of hydrogen-bond acceptors (Lipinski definition) is 3. The summed E-state index contributed by atoms with van der Waals surface area (Å²) >= 11 is 0. The average Bonchev–Trinajstić information content (AvgIpc) is 2.95. The largest absolute Gasteiger partial charge is 0.383 e. The van der Waals surface area contributed by atoms with Gasteiger partial charge < -0.3 is 9.64 Å². The summed E-state index contributed by atoms with van der Waals surface area (Å²) in [5, 5.41) is 0. The minimum absolute atomic E-state index is 0.174. The van der Waals surface area contributed by atoms with Crippen molar-refractivity contribution in [1.82, 2.24) is 9.80 Å². The van der Waals surface area contributed by atoms with E-state index in [2.05, 4.69) is 4.90 Å². The van der Waals surface area contributed by atoms with Crippen molar-refractivity contribution in [3.05, 3.63) is 0 Å². The topological polar surface area (TPSA) is 32.8 Å². The molecule has 0 aromatic carbocycles. The van der Waals surface area contributed by atoms with E-state index in [0.717, 1.165) is 32.0 Å². The summed E-state index contributed by atoms with van der Waals surface area (Å²) in [6.45, 7) is 3.52. The van der Waals surface area contributed by atoms with Crippen molar-refractivity contribution in [3.8, 4) is 0 Å². The molecule has 2 bridgehead atoms. The maximum atomic E-state index is 12.6. The Balaban J connectivity index is 1.68. The SMILES string of the molecule is COCCN1C[C@H]2CCN(C3CCCC3)[C@H](C2)C1=O. The van der Waals surface area contributed by atoms with Crippen LogP contribution in [0.3, 0.4) is 0 Å². The van der Waals surface area contributed by atoms with Gasteiger partial charge in [0.2, 0.25) is 5.91 Å². The predicted octanol–water partition coefficient (Wildman–Crippen LogP) is 1.50. The molecular weight excluding hydrogens is 240 g/mol. The molecule has 2 atom stereocenters. The first-order valence-electron chi connectivity index (χ1n) is 7.83. The van der Waals surface area contributed by atoms with Crippen LogP contribution in [0.5, 0.6) is 0 Å². The highest BCUT2D eigenvalue weighted by atomic mass is 16.5. The second-order valence-electron chi connectivity index (χ2n) is 6.36. The second-order valence-corrected chi connectivity index (χ2v) is 6.36. The van der Waals surface area contributed by atoms with Gasteiger partial charge in [0.05, 0.1) is 12.6 Å². The summed E-state index contributed by atoms with van der Waals surface area (Å²) in [5.74, 6) is 1.08. The highest BCUT2D eigenvalue weighted by Gasteiger charge is 2.43. The number of piperidine rings is 2. The molecule has 3 aliphatic rings. The zero-order valence-electron chi connectivity index (χ0n) is 12.0. The molecule has 3 rings (SSSR count).